The number of hydrogen-bond donors (Lipinski definition) is 1. The first-order chi connectivity index (χ1) is 13.8. The number of likely N-dealkylation sites (tertiary alicyclic amines) is 1. The van der Waals surface area contributed by atoms with Gasteiger partial charge in [0.05, 0.1) is 32.9 Å². The van der Waals surface area contributed by atoms with E-state index in [0.29, 0.717) is 25.9 Å². The third-order valence-electron chi connectivity index (χ3n) is 4.48. The molecule has 0 bridgehead atoms. The van der Waals surface area contributed by atoms with E-state index in [1.54, 1.807) is 17.0 Å². The number of carbonyl (C=O) groups excluding carboxylic acids is 3. The van der Waals surface area contributed by atoms with Crippen molar-refractivity contribution in [3.05, 3.63) is 51.4 Å². The van der Waals surface area contributed by atoms with Crippen LogP contribution in [-0.4, -0.2) is 42.4 Å². The molecule has 1 aliphatic rings. The third-order valence-corrected chi connectivity index (χ3v) is 5.51. The van der Waals surface area contributed by atoms with Crippen molar-refractivity contribution in [1.29, 1.82) is 0 Å². The summed E-state index contributed by atoms with van der Waals surface area (Å²) in [4.78, 5) is 38.1. The summed E-state index contributed by atoms with van der Waals surface area (Å²) < 4.78 is 10.2. The number of carbonyl (C=O) groups is 3. The summed E-state index contributed by atoms with van der Waals surface area (Å²) in [6, 6.07) is 6.07. The van der Waals surface area contributed by atoms with Crippen LogP contribution in [0.5, 0.6) is 0 Å². The Morgan fingerprint density at radius 1 is 1.10 bits per heavy atom. The molecule has 1 N–H and O–H groups in total. The molecule has 0 saturated carbocycles. The van der Waals surface area contributed by atoms with Gasteiger partial charge in [0.1, 0.15) is 0 Å². The SMILES string of the molecule is O=C(COC(=O)C1CCN(C(=O)c2ccco2)CC1)Nc1cc(Cl)c(Cl)cc1Cl. The van der Waals surface area contributed by atoms with Crippen molar-refractivity contribution in [2.75, 3.05) is 25.0 Å². The van der Waals surface area contributed by atoms with Crippen molar-refractivity contribution in [3.63, 3.8) is 0 Å². The Hall–Kier alpha value is -2.22. The minimum absolute atomic E-state index is 0.209. The van der Waals surface area contributed by atoms with Crippen molar-refractivity contribution in [3.8, 4) is 0 Å². The Bertz CT molecular complexity index is 909. The van der Waals surface area contributed by atoms with Gasteiger partial charge in [0.25, 0.3) is 11.8 Å². The van der Waals surface area contributed by atoms with E-state index in [4.69, 9.17) is 44.0 Å². The topological polar surface area (TPSA) is 88.9 Å². The molecule has 154 valence electrons. The number of rotatable bonds is 5. The van der Waals surface area contributed by atoms with Crippen molar-refractivity contribution in [2.45, 2.75) is 12.8 Å². The second-order valence-corrected chi connectivity index (χ2v) is 7.67. The number of hydrogen-bond acceptors (Lipinski definition) is 5. The standard InChI is InChI=1S/C19H17Cl3N2O5/c20-12-8-14(22)15(9-13(12)21)23-17(25)10-29-19(27)11-3-5-24(6-4-11)18(26)16-2-1-7-28-16/h1-2,7-9,11H,3-6,10H2,(H,23,25). The molecule has 0 aliphatic carbocycles. The molecule has 0 spiro atoms. The van der Waals surface area contributed by atoms with Gasteiger partial charge in [0.15, 0.2) is 12.4 Å². The lowest BCUT2D eigenvalue weighted by Crippen LogP contribution is -2.40. The van der Waals surface area contributed by atoms with Gasteiger partial charge in [-0.25, -0.2) is 0 Å². The van der Waals surface area contributed by atoms with E-state index < -0.39 is 18.5 Å². The monoisotopic (exact) mass is 458 g/mol. The average molecular weight is 460 g/mol. The number of halogens is 3. The highest BCUT2D eigenvalue weighted by Gasteiger charge is 2.30. The number of piperidine rings is 1. The van der Waals surface area contributed by atoms with E-state index in [1.807, 2.05) is 0 Å². The van der Waals surface area contributed by atoms with Gasteiger partial charge in [-0.3, -0.25) is 14.4 Å². The van der Waals surface area contributed by atoms with Crippen molar-refractivity contribution >= 4 is 58.3 Å². The summed E-state index contributed by atoms with van der Waals surface area (Å²) in [5.74, 6) is -1.35. The van der Waals surface area contributed by atoms with Gasteiger partial charge in [-0.1, -0.05) is 34.8 Å². The number of amides is 2. The van der Waals surface area contributed by atoms with E-state index in [9.17, 15) is 14.4 Å². The van der Waals surface area contributed by atoms with Crippen LogP contribution in [0.3, 0.4) is 0 Å². The number of esters is 1. The normalized spacial score (nSPS) is 14.5. The minimum atomic E-state index is -0.552. The Kier molecular flexibility index (Phi) is 7.05. The first-order valence-electron chi connectivity index (χ1n) is 8.79. The molecule has 1 fully saturated rings. The smallest absolute Gasteiger partial charge is 0.309 e. The maximum Gasteiger partial charge on any atom is 0.309 e. The van der Waals surface area contributed by atoms with Crippen LogP contribution in [-0.2, 0) is 14.3 Å². The molecule has 1 aromatic carbocycles. The largest absolute Gasteiger partial charge is 0.459 e. The van der Waals surface area contributed by atoms with E-state index in [0.717, 1.165) is 0 Å². The number of nitrogens with one attached hydrogen (secondary N) is 1. The molecule has 2 aromatic rings. The lowest BCUT2D eigenvalue weighted by atomic mass is 9.97. The molecule has 1 aliphatic heterocycles. The lowest BCUT2D eigenvalue weighted by Gasteiger charge is -2.30. The Balaban J connectivity index is 1.45. The maximum absolute atomic E-state index is 12.2. The molecule has 10 heteroatoms. The van der Waals surface area contributed by atoms with Crippen molar-refractivity contribution in [1.82, 2.24) is 4.90 Å². The summed E-state index contributed by atoms with van der Waals surface area (Å²) in [5.41, 5.74) is 0.270. The summed E-state index contributed by atoms with van der Waals surface area (Å²) >= 11 is 17.7. The highest BCUT2D eigenvalue weighted by molar-refractivity contribution is 6.44. The predicted octanol–water partition coefficient (Wildman–Crippen LogP) is 4.27. The van der Waals surface area contributed by atoms with Crippen LogP contribution in [0.2, 0.25) is 15.1 Å². The second kappa shape index (κ2) is 9.52. The summed E-state index contributed by atoms with van der Waals surface area (Å²) in [6.45, 7) is 0.357. The molecule has 2 amide bonds. The summed E-state index contributed by atoms with van der Waals surface area (Å²) in [5, 5.41) is 3.23. The fraction of sp³-hybridized carbons (Fsp3) is 0.316. The molecule has 2 heterocycles. The van der Waals surface area contributed by atoms with Gasteiger partial charge in [0, 0.05) is 13.1 Å². The molecule has 29 heavy (non-hydrogen) atoms. The molecule has 0 unspecified atom stereocenters. The first-order valence-corrected chi connectivity index (χ1v) is 9.92. The minimum Gasteiger partial charge on any atom is -0.459 e. The van der Waals surface area contributed by atoms with Gasteiger partial charge >= 0.3 is 5.97 Å². The second-order valence-electron chi connectivity index (χ2n) is 6.45. The molecule has 1 aromatic heterocycles. The fourth-order valence-corrected chi connectivity index (χ4v) is 3.53. The molecular formula is C19H17Cl3N2O5. The molecule has 0 radical (unpaired) electrons. The summed E-state index contributed by atoms with van der Waals surface area (Å²) in [7, 11) is 0. The quantitative estimate of drug-likeness (QED) is 0.533. The molecule has 0 atom stereocenters. The zero-order chi connectivity index (χ0) is 21.0. The van der Waals surface area contributed by atoms with Crippen LogP contribution >= 0.6 is 34.8 Å². The predicted molar refractivity (Wildman–Crippen MR) is 108 cm³/mol. The zero-order valence-corrected chi connectivity index (χ0v) is 17.4. The number of benzene rings is 1. The van der Waals surface area contributed by atoms with E-state index in [2.05, 4.69) is 5.32 Å². The van der Waals surface area contributed by atoms with Crippen molar-refractivity contribution in [2.24, 2.45) is 5.92 Å². The Morgan fingerprint density at radius 2 is 1.79 bits per heavy atom. The van der Waals surface area contributed by atoms with Crippen LogP contribution in [0.15, 0.2) is 34.9 Å². The van der Waals surface area contributed by atoms with Crippen molar-refractivity contribution < 1.29 is 23.5 Å². The number of ether oxygens (including phenoxy) is 1. The number of furan rings is 1. The van der Waals surface area contributed by atoms with Gasteiger partial charge in [0.2, 0.25) is 0 Å². The lowest BCUT2D eigenvalue weighted by molar-refractivity contribution is -0.152. The highest BCUT2D eigenvalue weighted by Crippen LogP contribution is 2.32. The van der Waals surface area contributed by atoms with E-state index in [-0.39, 0.29) is 38.3 Å². The van der Waals surface area contributed by atoms with Gasteiger partial charge in [-0.15, -0.1) is 0 Å². The summed E-state index contributed by atoms with van der Waals surface area (Å²) in [6.07, 6.45) is 2.34. The van der Waals surface area contributed by atoms with E-state index >= 15 is 0 Å². The zero-order valence-electron chi connectivity index (χ0n) is 15.1. The van der Waals surface area contributed by atoms with Crippen LogP contribution < -0.4 is 5.32 Å². The van der Waals surface area contributed by atoms with Crippen LogP contribution in [0, 0.1) is 5.92 Å². The maximum atomic E-state index is 12.2. The van der Waals surface area contributed by atoms with Crippen LogP contribution in [0.4, 0.5) is 5.69 Å². The Morgan fingerprint density at radius 3 is 2.45 bits per heavy atom. The molecule has 3 rings (SSSR count). The first kappa shape index (κ1) is 21.5. The molecular weight excluding hydrogens is 443 g/mol. The van der Waals surface area contributed by atoms with Crippen LogP contribution in [0.1, 0.15) is 23.4 Å². The Labute approximate surface area is 181 Å². The molecule has 1 saturated heterocycles. The van der Waals surface area contributed by atoms with Gasteiger partial charge in [-0.05, 0) is 37.1 Å². The van der Waals surface area contributed by atoms with Gasteiger partial charge in [-0.2, -0.15) is 0 Å². The fourth-order valence-electron chi connectivity index (χ4n) is 2.93. The number of anilines is 1. The third kappa shape index (κ3) is 5.44. The van der Waals surface area contributed by atoms with E-state index in [1.165, 1.54) is 18.4 Å². The molecule has 7 nitrogen and oxygen atoms in total. The average Bonchev–Trinajstić information content (AvgIpc) is 3.24. The van der Waals surface area contributed by atoms with Gasteiger partial charge < -0.3 is 19.4 Å². The van der Waals surface area contributed by atoms with Crippen LogP contribution in [0.25, 0.3) is 0 Å². The number of nitrogens with zero attached hydrogens (tertiary/aromatic N) is 1. The highest BCUT2D eigenvalue weighted by atomic mass is 35.5.